The zero-order chi connectivity index (χ0) is 12.8. The van der Waals surface area contributed by atoms with Crippen molar-refractivity contribution in [3.63, 3.8) is 0 Å². The van der Waals surface area contributed by atoms with Crippen molar-refractivity contribution in [1.82, 2.24) is 10.6 Å². The number of carbonyl (C=O) groups excluding carboxylic acids is 1. The van der Waals surface area contributed by atoms with Crippen molar-refractivity contribution in [2.75, 3.05) is 27.2 Å². The highest BCUT2D eigenvalue weighted by molar-refractivity contribution is 9.10. The topological polar surface area (TPSA) is 50.4 Å². The van der Waals surface area contributed by atoms with Crippen LogP contribution in [-0.2, 0) is 0 Å². The normalized spacial score (nSPS) is 10.4. The quantitative estimate of drug-likeness (QED) is 0.790. The van der Waals surface area contributed by atoms with Crippen molar-refractivity contribution in [1.29, 1.82) is 0 Å². The number of carbonyl (C=O) groups is 1. The maximum atomic E-state index is 11.9. The Kier molecular flexibility index (Phi) is 5.94. The molecule has 0 spiro atoms. The summed E-state index contributed by atoms with van der Waals surface area (Å²) < 4.78 is 6.10. The molecule has 17 heavy (non-hydrogen) atoms. The molecule has 6 heteroatoms. The molecule has 0 saturated carbocycles. The number of thiophene rings is 1. The van der Waals surface area contributed by atoms with Gasteiger partial charge in [0, 0.05) is 11.4 Å². The summed E-state index contributed by atoms with van der Waals surface area (Å²) in [5.41, 5.74) is 0. The van der Waals surface area contributed by atoms with Crippen molar-refractivity contribution < 1.29 is 9.53 Å². The number of amides is 1. The molecule has 1 aromatic heterocycles. The second-order valence-electron chi connectivity index (χ2n) is 3.55. The molecule has 1 aromatic rings. The van der Waals surface area contributed by atoms with Gasteiger partial charge < -0.3 is 15.4 Å². The van der Waals surface area contributed by atoms with Gasteiger partial charge in [-0.15, -0.1) is 11.3 Å². The van der Waals surface area contributed by atoms with E-state index in [0.717, 1.165) is 22.3 Å². The highest BCUT2D eigenvalue weighted by Crippen LogP contribution is 2.38. The van der Waals surface area contributed by atoms with E-state index in [-0.39, 0.29) is 5.91 Å². The second-order valence-corrected chi connectivity index (χ2v) is 5.57. The molecule has 1 rings (SSSR count). The van der Waals surface area contributed by atoms with Gasteiger partial charge in [-0.05, 0) is 42.9 Å². The molecule has 0 aliphatic rings. The summed E-state index contributed by atoms with van der Waals surface area (Å²) in [5, 5.41) is 5.92. The molecule has 96 valence electrons. The Labute approximate surface area is 114 Å². The predicted octanol–water partition coefficient (Wildman–Crippen LogP) is 2.17. The Morgan fingerprint density at radius 3 is 2.76 bits per heavy atom. The highest BCUT2D eigenvalue weighted by Gasteiger charge is 2.20. The van der Waals surface area contributed by atoms with Crippen molar-refractivity contribution in [3.8, 4) is 5.75 Å². The Morgan fingerprint density at radius 1 is 1.47 bits per heavy atom. The maximum Gasteiger partial charge on any atom is 0.265 e. The summed E-state index contributed by atoms with van der Waals surface area (Å²) in [6.45, 7) is 3.51. The third kappa shape index (κ3) is 3.69. The van der Waals surface area contributed by atoms with Crippen LogP contribution >= 0.6 is 27.3 Å². The molecule has 0 aromatic carbocycles. The molecule has 1 amide bonds. The minimum atomic E-state index is -0.0725. The van der Waals surface area contributed by atoms with Crippen LogP contribution in [0.15, 0.2) is 4.47 Å². The van der Waals surface area contributed by atoms with Crippen LogP contribution < -0.4 is 15.4 Å². The fraction of sp³-hybridized carbons (Fsp3) is 0.545. The van der Waals surface area contributed by atoms with E-state index in [1.54, 1.807) is 7.11 Å². The van der Waals surface area contributed by atoms with E-state index in [1.807, 2.05) is 14.0 Å². The summed E-state index contributed by atoms with van der Waals surface area (Å²) in [4.78, 5) is 13.6. The van der Waals surface area contributed by atoms with Gasteiger partial charge in [-0.25, -0.2) is 0 Å². The lowest BCUT2D eigenvalue weighted by molar-refractivity contribution is 0.0954. The average molecular weight is 321 g/mol. The van der Waals surface area contributed by atoms with Gasteiger partial charge in [0.1, 0.15) is 4.88 Å². The maximum absolute atomic E-state index is 11.9. The van der Waals surface area contributed by atoms with E-state index in [1.165, 1.54) is 11.3 Å². The van der Waals surface area contributed by atoms with Gasteiger partial charge in [0.25, 0.3) is 5.91 Å². The first-order valence-corrected chi connectivity index (χ1v) is 6.98. The zero-order valence-electron chi connectivity index (χ0n) is 10.2. The van der Waals surface area contributed by atoms with E-state index in [0.29, 0.717) is 17.2 Å². The van der Waals surface area contributed by atoms with Gasteiger partial charge in [0.2, 0.25) is 0 Å². The molecule has 0 aliphatic heterocycles. The molecular formula is C11H17BrN2O2S. The number of halogens is 1. The molecular weight excluding hydrogens is 304 g/mol. The van der Waals surface area contributed by atoms with Crippen molar-refractivity contribution in [3.05, 3.63) is 14.2 Å². The Morgan fingerprint density at radius 2 is 2.18 bits per heavy atom. The molecule has 0 atom stereocenters. The summed E-state index contributed by atoms with van der Waals surface area (Å²) in [5.74, 6) is 0.551. The van der Waals surface area contributed by atoms with E-state index in [9.17, 15) is 4.79 Å². The van der Waals surface area contributed by atoms with Gasteiger partial charge >= 0.3 is 0 Å². The second kappa shape index (κ2) is 6.98. The summed E-state index contributed by atoms with van der Waals surface area (Å²) in [7, 11) is 3.47. The number of methoxy groups -OCH3 is 1. The van der Waals surface area contributed by atoms with Gasteiger partial charge in [-0.3, -0.25) is 4.79 Å². The molecule has 0 aliphatic carbocycles. The molecule has 0 unspecified atom stereocenters. The Bertz CT molecular complexity index is 393. The number of ether oxygens (including phenoxy) is 1. The standard InChI is InChI=1S/C11H17BrN2O2S/c1-7-8(12)9(16-3)10(17-7)11(15)14-6-4-5-13-2/h13H,4-6H2,1-3H3,(H,14,15). The van der Waals surface area contributed by atoms with E-state index in [2.05, 4.69) is 26.6 Å². The largest absolute Gasteiger partial charge is 0.494 e. The summed E-state index contributed by atoms with van der Waals surface area (Å²) >= 11 is 4.86. The van der Waals surface area contributed by atoms with Crippen LogP contribution in [0.5, 0.6) is 5.75 Å². The number of rotatable bonds is 6. The first kappa shape index (κ1) is 14.5. The fourth-order valence-corrected chi connectivity index (χ4v) is 3.05. The summed E-state index contributed by atoms with van der Waals surface area (Å²) in [6, 6.07) is 0. The minimum absolute atomic E-state index is 0.0725. The van der Waals surface area contributed by atoms with Crippen molar-refractivity contribution in [2.45, 2.75) is 13.3 Å². The molecule has 1 heterocycles. The van der Waals surface area contributed by atoms with Crippen LogP contribution in [0.4, 0.5) is 0 Å². The van der Waals surface area contributed by atoms with Gasteiger partial charge in [0.15, 0.2) is 5.75 Å². The Hall–Kier alpha value is -0.590. The SMILES string of the molecule is CNCCCNC(=O)c1sc(C)c(Br)c1OC. The van der Waals surface area contributed by atoms with Crippen molar-refractivity contribution >= 4 is 33.2 Å². The average Bonchev–Trinajstić information content (AvgIpc) is 2.61. The van der Waals surface area contributed by atoms with E-state index >= 15 is 0 Å². The molecule has 4 nitrogen and oxygen atoms in total. The van der Waals surface area contributed by atoms with Crippen LogP contribution in [0.1, 0.15) is 21.0 Å². The Balaban J connectivity index is 2.65. The zero-order valence-corrected chi connectivity index (χ0v) is 12.6. The van der Waals surface area contributed by atoms with E-state index < -0.39 is 0 Å². The molecule has 0 saturated heterocycles. The lowest BCUT2D eigenvalue weighted by atomic mass is 10.3. The lowest BCUT2D eigenvalue weighted by Gasteiger charge is -2.05. The first-order chi connectivity index (χ1) is 8.11. The number of hydrogen-bond acceptors (Lipinski definition) is 4. The molecule has 0 radical (unpaired) electrons. The number of hydrogen-bond donors (Lipinski definition) is 2. The van der Waals surface area contributed by atoms with Gasteiger partial charge in [0.05, 0.1) is 11.6 Å². The van der Waals surface area contributed by atoms with Crippen molar-refractivity contribution in [2.24, 2.45) is 0 Å². The van der Waals surface area contributed by atoms with Crippen LogP contribution in [0.2, 0.25) is 0 Å². The molecule has 2 N–H and O–H groups in total. The smallest absolute Gasteiger partial charge is 0.265 e. The molecule has 0 bridgehead atoms. The third-order valence-electron chi connectivity index (χ3n) is 2.27. The van der Waals surface area contributed by atoms with E-state index in [4.69, 9.17) is 4.74 Å². The summed E-state index contributed by atoms with van der Waals surface area (Å²) in [6.07, 6.45) is 0.913. The number of nitrogens with one attached hydrogen (secondary N) is 2. The van der Waals surface area contributed by atoms with Crippen LogP contribution in [0, 0.1) is 6.92 Å². The lowest BCUT2D eigenvalue weighted by Crippen LogP contribution is -2.26. The highest BCUT2D eigenvalue weighted by atomic mass is 79.9. The van der Waals surface area contributed by atoms with Gasteiger partial charge in [-0.2, -0.15) is 0 Å². The monoisotopic (exact) mass is 320 g/mol. The third-order valence-corrected chi connectivity index (χ3v) is 4.57. The van der Waals surface area contributed by atoms with Crippen LogP contribution in [0.3, 0.4) is 0 Å². The molecule has 0 fully saturated rings. The minimum Gasteiger partial charge on any atom is -0.494 e. The fourth-order valence-electron chi connectivity index (χ4n) is 1.38. The number of aryl methyl sites for hydroxylation is 1. The van der Waals surface area contributed by atoms with Gasteiger partial charge in [-0.1, -0.05) is 0 Å². The predicted molar refractivity (Wildman–Crippen MR) is 74.2 cm³/mol. The first-order valence-electron chi connectivity index (χ1n) is 5.37. The van der Waals surface area contributed by atoms with Crippen LogP contribution in [-0.4, -0.2) is 33.2 Å². The van der Waals surface area contributed by atoms with Crippen LogP contribution in [0.25, 0.3) is 0 Å².